The lowest BCUT2D eigenvalue weighted by atomic mass is 10.2. The van der Waals surface area contributed by atoms with Crippen LogP contribution >= 0.6 is 15.9 Å². The lowest BCUT2D eigenvalue weighted by Gasteiger charge is -2.03. The van der Waals surface area contributed by atoms with Crippen LogP contribution in [0.4, 0.5) is 0 Å². The molecule has 0 aromatic carbocycles. The number of hydrogen-bond acceptors (Lipinski definition) is 1. The molecule has 0 aliphatic heterocycles. The number of hydrogen-bond donors (Lipinski definition) is 1. The van der Waals surface area contributed by atoms with Gasteiger partial charge in [0.15, 0.2) is 0 Å². The first-order valence-corrected chi connectivity index (χ1v) is 3.47. The molecule has 1 atom stereocenters. The summed E-state index contributed by atoms with van der Waals surface area (Å²) in [7, 11) is 0. The highest BCUT2D eigenvalue weighted by molar-refractivity contribution is 9.11. The molecule has 0 bridgehead atoms. The first-order valence-electron chi connectivity index (χ1n) is 2.68. The van der Waals surface area contributed by atoms with E-state index in [0.717, 1.165) is 10.9 Å². The Hall–Kier alpha value is 0.180. The standard InChI is InChI=1S/C6H11BrO/c1-3-6(8)4-5(2)7/h6,8H,2-4H2,1H3. The highest BCUT2D eigenvalue weighted by Crippen LogP contribution is 2.10. The Morgan fingerprint density at radius 2 is 2.38 bits per heavy atom. The molecule has 0 aliphatic carbocycles. The van der Waals surface area contributed by atoms with Crippen LogP contribution in [0.2, 0.25) is 0 Å². The van der Waals surface area contributed by atoms with Gasteiger partial charge in [-0.05, 0) is 10.9 Å². The molecule has 0 aromatic heterocycles. The fourth-order valence-electron chi connectivity index (χ4n) is 0.400. The summed E-state index contributed by atoms with van der Waals surface area (Å²) in [6, 6.07) is 0. The minimum atomic E-state index is -0.220. The third-order valence-corrected chi connectivity index (χ3v) is 1.25. The first kappa shape index (κ1) is 8.18. The second kappa shape index (κ2) is 4.10. The van der Waals surface area contributed by atoms with Crippen LogP contribution in [0.3, 0.4) is 0 Å². The predicted octanol–water partition coefficient (Wildman–Crippen LogP) is 2.06. The van der Waals surface area contributed by atoms with E-state index in [9.17, 15) is 0 Å². The van der Waals surface area contributed by atoms with E-state index in [1.54, 1.807) is 0 Å². The molecule has 48 valence electrons. The zero-order valence-electron chi connectivity index (χ0n) is 5.02. The summed E-state index contributed by atoms with van der Waals surface area (Å²) in [5.41, 5.74) is 0. The summed E-state index contributed by atoms with van der Waals surface area (Å²) < 4.78 is 0.867. The quantitative estimate of drug-likeness (QED) is 0.702. The van der Waals surface area contributed by atoms with E-state index in [1.807, 2.05) is 6.92 Å². The van der Waals surface area contributed by atoms with E-state index in [1.165, 1.54) is 0 Å². The summed E-state index contributed by atoms with van der Waals surface area (Å²) >= 11 is 3.16. The van der Waals surface area contributed by atoms with Gasteiger partial charge in [-0.15, -0.1) is 0 Å². The van der Waals surface area contributed by atoms with Crippen LogP contribution in [0, 0.1) is 0 Å². The summed E-state index contributed by atoms with van der Waals surface area (Å²) in [5.74, 6) is 0. The van der Waals surface area contributed by atoms with Crippen LogP contribution < -0.4 is 0 Å². The Morgan fingerprint density at radius 1 is 1.88 bits per heavy atom. The minimum Gasteiger partial charge on any atom is -0.393 e. The maximum absolute atomic E-state index is 8.94. The number of aliphatic hydroxyl groups is 1. The molecule has 0 spiro atoms. The molecular weight excluding hydrogens is 168 g/mol. The Balaban J connectivity index is 3.24. The van der Waals surface area contributed by atoms with Crippen molar-refractivity contribution in [3.63, 3.8) is 0 Å². The molecule has 2 heteroatoms. The number of aliphatic hydroxyl groups excluding tert-OH is 1. The molecule has 0 saturated heterocycles. The van der Waals surface area contributed by atoms with Crippen LogP contribution in [-0.2, 0) is 0 Å². The maximum Gasteiger partial charge on any atom is 0.0582 e. The zero-order valence-corrected chi connectivity index (χ0v) is 6.61. The lowest BCUT2D eigenvalue weighted by molar-refractivity contribution is 0.173. The molecule has 8 heavy (non-hydrogen) atoms. The van der Waals surface area contributed by atoms with Gasteiger partial charge in [0.1, 0.15) is 0 Å². The normalized spacial score (nSPS) is 13.4. The zero-order chi connectivity index (χ0) is 6.57. The molecular formula is C6H11BrO. The van der Waals surface area contributed by atoms with Crippen molar-refractivity contribution in [2.24, 2.45) is 0 Å². The van der Waals surface area contributed by atoms with E-state index in [2.05, 4.69) is 22.5 Å². The molecule has 0 radical (unpaired) electrons. The van der Waals surface area contributed by atoms with Crippen molar-refractivity contribution in [2.75, 3.05) is 0 Å². The van der Waals surface area contributed by atoms with Crippen molar-refractivity contribution in [3.05, 3.63) is 11.1 Å². The topological polar surface area (TPSA) is 20.2 Å². The summed E-state index contributed by atoms with van der Waals surface area (Å²) in [6.45, 7) is 5.54. The molecule has 0 saturated carbocycles. The SMILES string of the molecule is C=C(Br)CC(O)CC. The Bertz CT molecular complexity index is 80.6. The van der Waals surface area contributed by atoms with Gasteiger partial charge in [-0.3, -0.25) is 0 Å². The molecule has 0 aliphatic rings. The Kier molecular flexibility index (Phi) is 4.19. The van der Waals surface area contributed by atoms with E-state index < -0.39 is 0 Å². The number of rotatable bonds is 3. The molecule has 0 aromatic rings. The number of halogens is 1. The van der Waals surface area contributed by atoms with Crippen molar-refractivity contribution in [1.82, 2.24) is 0 Å². The van der Waals surface area contributed by atoms with Crippen molar-refractivity contribution in [2.45, 2.75) is 25.9 Å². The fourth-order valence-corrected chi connectivity index (χ4v) is 0.774. The van der Waals surface area contributed by atoms with Gasteiger partial charge in [0, 0.05) is 6.42 Å². The second-order valence-electron chi connectivity index (χ2n) is 1.78. The van der Waals surface area contributed by atoms with Crippen LogP contribution in [0.5, 0.6) is 0 Å². The average molecular weight is 179 g/mol. The van der Waals surface area contributed by atoms with E-state index in [0.29, 0.717) is 6.42 Å². The molecule has 1 unspecified atom stereocenters. The van der Waals surface area contributed by atoms with Crippen molar-refractivity contribution < 1.29 is 5.11 Å². The minimum absolute atomic E-state index is 0.220. The monoisotopic (exact) mass is 178 g/mol. The maximum atomic E-state index is 8.94. The van der Waals surface area contributed by atoms with Gasteiger partial charge in [-0.2, -0.15) is 0 Å². The third-order valence-electron chi connectivity index (χ3n) is 0.928. The summed E-state index contributed by atoms with van der Waals surface area (Å²) in [6.07, 6.45) is 1.24. The predicted molar refractivity (Wildman–Crippen MR) is 39.0 cm³/mol. The lowest BCUT2D eigenvalue weighted by Crippen LogP contribution is -2.02. The third kappa shape index (κ3) is 4.34. The van der Waals surface area contributed by atoms with Crippen molar-refractivity contribution in [1.29, 1.82) is 0 Å². The largest absolute Gasteiger partial charge is 0.393 e. The molecule has 0 rings (SSSR count). The van der Waals surface area contributed by atoms with Crippen LogP contribution in [0.1, 0.15) is 19.8 Å². The smallest absolute Gasteiger partial charge is 0.0582 e. The van der Waals surface area contributed by atoms with Crippen LogP contribution in [0.25, 0.3) is 0 Å². The molecule has 0 heterocycles. The first-order chi connectivity index (χ1) is 3.66. The van der Waals surface area contributed by atoms with E-state index in [-0.39, 0.29) is 6.10 Å². The van der Waals surface area contributed by atoms with Gasteiger partial charge in [-0.1, -0.05) is 29.4 Å². The van der Waals surface area contributed by atoms with Gasteiger partial charge in [0.25, 0.3) is 0 Å². The molecule has 0 fully saturated rings. The van der Waals surface area contributed by atoms with Crippen molar-refractivity contribution >= 4 is 15.9 Å². The summed E-state index contributed by atoms with van der Waals surface area (Å²) in [5, 5.41) is 8.94. The molecule has 1 N–H and O–H groups in total. The average Bonchev–Trinajstić information content (AvgIpc) is 1.65. The highest BCUT2D eigenvalue weighted by atomic mass is 79.9. The van der Waals surface area contributed by atoms with Crippen LogP contribution in [-0.4, -0.2) is 11.2 Å². The van der Waals surface area contributed by atoms with Gasteiger partial charge in [0.2, 0.25) is 0 Å². The highest BCUT2D eigenvalue weighted by Gasteiger charge is 1.99. The fraction of sp³-hybridized carbons (Fsp3) is 0.667. The van der Waals surface area contributed by atoms with Gasteiger partial charge >= 0.3 is 0 Å². The summed E-state index contributed by atoms with van der Waals surface area (Å²) in [4.78, 5) is 0. The van der Waals surface area contributed by atoms with Crippen LogP contribution in [0.15, 0.2) is 11.1 Å². The van der Waals surface area contributed by atoms with Gasteiger partial charge in [0.05, 0.1) is 6.10 Å². The Labute approximate surface area is 58.5 Å². The van der Waals surface area contributed by atoms with E-state index in [4.69, 9.17) is 5.11 Å². The molecule has 0 amide bonds. The Morgan fingerprint density at radius 3 is 2.50 bits per heavy atom. The second-order valence-corrected chi connectivity index (χ2v) is 2.90. The molecule has 1 nitrogen and oxygen atoms in total. The van der Waals surface area contributed by atoms with E-state index >= 15 is 0 Å². The van der Waals surface area contributed by atoms with Crippen molar-refractivity contribution in [3.8, 4) is 0 Å². The van der Waals surface area contributed by atoms with Gasteiger partial charge in [-0.25, -0.2) is 0 Å². The van der Waals surface area contributed by atoms with Gasteiger partial charge < -0.3 is 5.11 Å².